The molecule has 0 saturated carbocycles. The van der Waals surface area contributed by atoms with Gasteiger partial charge in [-0.25, -0.2) is 9.59 Å². The van der Waals surface area contributed by atoms with Crippen molar-refractivity contribution < 1.29 is 38.1 Å². The topological polar surface area (TPSA) is 105 Å². The highest BCUT2D eigenvalue weighted by Crippen LogP contribution is 2.59. The van der Waals surface area contributed by atoms with Crippen LogP contribution in [0.4, 0.5) is 0 Å². The Morgan fingerprint density at radius 2 is 0.960 bits per heavy atom. The minimum atomic E-state index is -1.65. The Morgan fingerprint density at radius 1 is 0.660 bits per heavy atom. The maximum Gasteiger partial charge on any atom is 0.347 e. The predicted molar refractivity (Wildman–Crippen MR) is 197 cm³/mol. The first-order chi connectivity index (χ1) is 23.0. The number of hydrogen-bond donors (Lipinski definition) is 0. The van der Waals surface area contributed by atoms with Gasteiger partial charge < -0.3 is 18.9 Å². The molecule has 2 aromatic rings. The van der Waals surface area contributed by atoms with E-state index < -0.39 is 57.4 Å². The zero-order valence-electron chi connectivity index (χ0n) is 30.0. The molecule has 0 N–H and O–H groups in total. The van der Waals surface area contributed by atoms with E-state index in [1.54, 1.807) is 41.5 Å². The second-order valence-electron chi connectivity index (χ2n) is 16.0. The molecule has 0 radical (unpaired) electrons. The molecule has 4 fully saturated rings. The molecule has 10 heteroatoms. The summed E-state index contributed by atoms with van der Waals surface area (Å²) in [6, 6.07) is 15.1. The van der Waals surface area contributed by atoms with E-state index in [1.165, 1.54) is 0 Å². The molecule has 0 aromatic heterocycles. The lowest BCUT2D eigenvalue weighted by atomic mass is 9.76. The molecule has 8 nitrogen and oxygen atoms in total. The lowest BCUT2D eigenvalue weighted by Crippen LogP contribution is -2.56. The van der Waals surface area contributed by atoms with E-state index in [0.717, 1.165) is 31.2 Å². The van der Waals surface area contributed by atoms with Gasteiger partial charge in [-0.2, -0.15) is 0 Å². The number of halogens is 2. The molecule has 268 valence electrons. The van der Waals surface area contributed by atoms with E-state index in [-0.39, 0.29) is 24.4 Å². The Labute approximate surface area is 311 Å². The molecule has 0 unspecified atom stereocenters. The molecular formula is C40H46Br2O8. The van der Waals surface area contributed by atoms with Crippen LogP contribution in [-0.2, 0) is 38.1 Å². The van der Waals surface area contributed by atoms with Gasteiger partial charge in [0.2, 0.25) is 11.2 Å². The van der Waals surface area contributed by atoms with Gasteiger partial charge in [0.25, 0.3) is 0 Å². The lowest BCUT2D eigenvalue weighted by Gasteiger charge is -2.37. The minimum Gasteiger partial charge on any atom is -0.457 e. The maximum atomic E-state index is 13.1. The van der Waals surface area contributed by atoms with Gasteiger partial charge in [0.15, 0.2) is 11.6 Å². The molecular weight excluding hydrogens is 768 g/mol. The second-order valence-corrected chi connectivity index (χ2v) is 17.8. The van der Waals surface area contributed by atoms with Gasteiger partial charge >= 0.3 is 11.9 Å². The van der Waals surface area contributed by atoms with E-state index in [0.29, 0.717) is 12.8 Å². The van der Waals surface area contributed by atoms with Crippen LogP contribution < -0.4 is 0 Å². The molecule has 4 saturated heterocycles. The Balaban J connectivity index is 0.000000194. The molecule has 50 heavy (non-hydrogen) atoms. The third-order valence-corrected chi connectivity index (χ3v) is 11.0. The molecule has 6 atom stereocenters. The molecule has 4 aliphatic heterocycles. The number of ether oxygens (including phenoxy) is 4. The number of fused-ring (bicyclic) bond motifs is 4. The van der Waals surface area contributed by atoms with Crippen LogP contribution in [0.25, 0.3) is 0 Å². The van der Waals surface area contributed by atoms with Crippen molar-refractivity contribution in [3.63, 3.8) is 0 Å². The number of ketones is 2. The molecule has 0 aliphatic carbocycles. The van der Waals surface area contributed by atoms with Gasteiger partial charge in [-0.3, -0.25) is 9.59 Å². The van der Waals surface area contributed by atoms with Gasteiger partial charge in [0.05, 0.1) is 23.0 Å². The fourth-order valence-electron chi connectivity index (χ4n) is 7.43. The highest BCUT2D eigenvalue weighted by molar-refractivity contribution is 9.10. The van der Waals surface area contributed by atoms with Crippen molar-refractivity contribution in [1.82, 2.24) is 0 Å². The summed E-state index contributed by atoms with van der Waals surface area (Å²) in [6.45, 7) is 22.9. The first kappa shape index (κ1) is 38.3. The quantitative estimate of drug-likeness (QED) is 0.172. The number of carbonyl (C=O) groups is 4. The van der Waals surface area contributed by atoms with Crippen LogP contribution in [0.2, 0.25) is 0 Å². The average molecular weight is 815 g/mol. The third-order valence-electron chi connectivity index (χ3n) is 9.94. The van der Waals surface area contributed by atoms with Gasteiger partial charge in [0, 0.05) is 21.8 Å². The number of Topliss-reactive ketones (excluding diaryl/α,β-unsaturated/α-hetero) is 2. The van der Waals surface area contributed by atoms with Crippen LogP contribution in [-0.4, -0.2) is 57.1 Å². The summed E-state index contributed by atoms with van der Waals surface area (Å²) in [4.78, 5) is 52.2. The molecule has 2 aromatic carbocycles. The number of benzene rings is 2. The first-order valence-electron chi connectivity index (χ1n) is 16.8. The fourth-order valence-corrected chi connectivity index (χ4v) is 7.96. The SMILES string of the molecule is C=C1[C@@H](c2ccc(Br)cc2)[C@@]2(C(=O)OC(C)(C)C)O[C@]1(C)CCC2=O.C=C1[C@@H](c2ccc(Br)cc2)[C@@]2(C(=O)OC(C)(C)C)O[C@]1(C)CCC2=O. The second kappa shape index (κ2) is 12.9. The molecule has 0 spiro atoms. The van der Waals surface area contributed by atoms with Crippen molar-refractivity contribution in [2.45, 2.75) is 127 Å². The maximum absolute atomic E-state index is 13.1. The first-order valence-corrected chi connectivity index (χ1v) is 18.4. The Hall–Kier alpha value is -2.92. The third kappa shape index (κ3) is 6.61. The molecule has 6 rings (SSSR count). The summed E-state index contributed by atoms with van der Waals surface area (Å²) in [5.74, 6) is -2.80. The monoisotopic (exact) mass is 812 g/mol. The van der Waals surface area contributed by atoms with Gasteiger partial charge in [-0.05, 0) is 115 Å². The highest BCUT2D eigenvalue weighted by atomic mass is 79.9. The number of carbonyl (C=O) groups excluding carboxylic acids is 4. The number of esters is 2. The summed E-state index contributed by atoms with van der Waals surface area (Å²) in [5, 5.41) is 0. The Bertz CT molecular complexity index is 1620. The van der Waals surface area contributed by atoms with Crippen molar-refractivity contribution in [1.29, 1.82) is 0 Å². The van der Waals surface area contributed by atoms with Gasteiger partial charge in [-0.15, -0.1) is 0 Å². The van der Waals surface area contributed by atoms with Crippen LogP contribution in [0.15, 0.2) is 81.8 Å². The zero-order chi connectivity index (χ0) is 37.2. The summed E-state index contributed by atoms with van der Waals surface area (Å²) in [7, 11) is 0. The lowest BCUT2D eigenvalue weighted by molar-refractivity contribution is -0.199. The Kier molecular flexibility index (Phi) is 9.91. The van der Waals surface area contributed by atoms with Crippen LogP contribution in [0.5, 0.6) is 0 Å². The Morgan fingerprint density at radius 3 is 1.24 bits per heavy atom. The summed E-state index contributed by atoms with van der Waals surface area (Å²) >= 11 is 6.84. The van der Waals surface area contributed by atoms with Crippen molar-refractivity contribution in [3.05, 3.63) is 92.9 Å². The molecule has 4 aliphatic rings. The molecule has 0 amide bonds. The predicted octanol–water partition coefficient (Wildman–Crippen LogP) is 8.64. The minimum absolute atomic E-state index is 0.231. The number of hydrogen-bond acceptors (Lipinski definition) is 8. The van der Waals surface area contributed by atoms with E-state index in [4.69, 9.17) is 18.9 Å². The van der Waals surface area contributed by atoms with Gasteiger partial charge in [0.1, 0.15) is 11.2 Å². The smallest absolute Gasteiger partial charge is 0.347 e. The standard InChI is InChI=1S/2C20H23BrO4/c2*1-12-16(13-6-8-14(21)9-7-13)20(17(23)24-18(2,3)4)15(22)10-11-19(12,5)25-20/h2*6-9,16H,1,10-11H2,2-5H3/t2*16-,19+,20-/m00/s1. The van der Waals surface area contributed by atoms with Crippen molar-refractivity contribution in [2.75, 3.05) is 0 Å². The van der Waals surface area contributed by atoms with E-state index in [2.05, 4.69) is 45.0 Å². The average Bonchev–Trinajstić information content (AvgIpc) is 3.33. The number of rotatable bonds is 4. The largest absolute Gasteiger partial charge is 0.457 e. The van der Waals surface area contributed by atoms with E-state index in [1.807, 2.05) is 62.4 Å². The van der Waals surface area contributed by atoms with Gasteiger partial charge in [-0.1, -0.05) is 69.3 Å². The molecule has 4 heterocycles. The van der Waals surface area contributed by atoms with Crippen LogP contribution in [0.3, 0.4) is 0 Å². The zero-order valence-corrected chi connectivity index (χ0v) is 33.2. The van der Waals surface area contributed by atoms with Crippen LogP contribution in [0, 0.1) is 0 Å². The van der Waals surface area contributed by atoms with Crippen molar-refractivity contribution in [3.8, 4) is 0 Å². The van der Waals surface area contributed by atoms with E-state index >= 15 is 0 Å². The summed E-state index contributed by atoms with van der Waals surface area (Å²) < 4.78 is 25.4. The van der Waals surface area contributed by atoms with Crippen LogP contribution in [0.1, 0.15) is 104 Å². The highest BCUT2D eigenvalue weighted by Gasteiger charge is 2.70. The van der Waals surface area contributed by atoms with Crippen molar-refractivity contribution in [2.24, 2.45) is 0 Å². The van der Waals surface area contributed by atoms with E-state index in [9.17, 15) is 19.2 Å². The summed E-state index contributed by atoms with van der Waals surface area (Å²) in [5.41, 5.74) is -2.95. The van der Waals surface area contributed by atoms with Crippen molar-refractivity contribution >= 4 is 55.4 Å². The molecule has 4 bridgehead atoms. The fraction of sp³-hybridized carbons (Fsp3) is 0.500. The summed E-state index contributed by atoms with van der Waals surface area (Å²) in [6.07, 6.45) is 1.62. The van der Waals surface area contributed by atoms with Crippen LogP contribution >= 0.6 is 31.9 Å². The normalized spacial score (nSPS) is 32.0.